The van der Waals surface area contributed by atoms with E-state index in [4.69, 9.17) is 4.74 Å². The summed E-state index contributed by atoms with van der Waals surface area (Å²) in [5, 5.41) is 8.62. The summed E-state index contributed by atoms with van der Waals surface area (Å²) in [5.74, 6) is -1.35. The number of benzene rings is 1. The summed E-state index contributed by atoms with van der Waals surface area (Å²) in [5.41, 5.74) is 0.415. The number of amides is 4. The molecule has 2 saturated heterocycles. The zero-order valence-electron chi connectivity index (χ0n) is 26.8. The molecule has 0 spiro atoms. The minimum Gasteiger partial charge on any atom is -0.578 e. The number of anilines is 1. The highest BCUT2D eigenvalue weighted by Crippen LogP contribution is 2.30. The van der Waals surface area contributed by atoms with Gasteiger partial charge in [0.2, 0.25) is 11.8 Å². The Morgan fingerprint density at radius 1 is 1.04 bits per heavy atom. The number of alkyl carbamates (subject to hydrolysis) is 1. The lowest BCUT2D eigenvalue weighted by Crippen LogP contribution is -2.53. The van der Waals surface area contributed by atoms with Crippen molar-refractivity contribution < 1.29 is 33.3 Å². The number of hydrogen-bond acceptors (Lipinski definition) is 10. The lowest BCUT2D eigenvalue weighted by molar-refractivity contribution is -0.136. The molecule has 3 N–H and O–H groups in total. The minimum atomic E-state index is -1.30. The van der Waals surface area contributed by atoms with Crippen molar-refractivity contribution in [3.8, 4) is 0 Å². The Bertz CT molecular complexity index is 1260. The van der Waals surface area contributed by atoms with Crippen molar-refractivity contribution in [2.45, 2.75) is 102 Å². The van der Waals surface area contributed by atoms with Gasteiger partial charge in [0.25, 0.3) is 5.91 Å². The molecule has 1 aromatic rings. The van der Waals surface area contributed by atoms with E-state index in [0.717, 1.165) is 25.7 Å². The second-order valence-corrected chi connectivity index (χ2v) is 14.6. The van der Waals surface area contributed by atoms with Crippen LogP contribution in [0.25, 0.3) is 0 Å². The lowest BCUT2D eigenvalue weighted by Gasteiger charge is -2.39. The Hall–Kier alpha value is -3.20. The maximum Gasteiger partial charge on any atom is 0.407 e. The van der Waals surface area contributed by atoms with Crippen LogP contribution in [0.5, 0.6) is 0 Å². The lowest BCUT2D eigenvalue weighted by atomic mass is 9.90. The third kappa shape index (κ3) is 8.96. The molecule has 2 heterocycles. The molecule has 4 rings (SSSR count). The minimum absolute atomic E-state index is 0.0113. The van der Waals surface area contributed by atoms with Crippen LogP contribution in [0.3, 0.4) is 0 Å². The third-order valence-corrected chi connectivity index (χ3v) is 10.3. The average Bonchev–Trinajstić information content (AvgIpc) is 2.99. The highest BCUT2D eigenvalue weighted by atomic mass is 32.2. The van der Waals surface area contributed by atoms with Crippen molar-refractivity contribution in [1.29, 1.82) is 0 Å². The molecule has 3 fully saturated rings. The fourth-order valence-electron chi connectivity index (χ4n) is 6.13. The normalized spacial score (nSPS) is 24.0. The number of imide groups is 1. The van der Waals surface area contributed by atoms with E-state index in [-0.39, 0.29) is 48.0 Å². The van der Waals surface area contributed by atoms with Crippen molar-refractivity contribution in [2.24, 2.45) is 0 Å². The van der Waals surface area contributed by atoms with E-state index in [9.17, 15) is 28.5 Å². The Balaban J connectivity index is 1.28. The first kappa shape index (κ1) is 34.7. The van der Waals surface area contributed by atoms with Gasteiger partial charge in [-0.1, -0.05) is 6.07 Å². The van der Waals surface area contributed by atoms with Crippen LogP contribution >= 0.6 is 0 Å². The van der Waals surface area contributed by atoms with Gasteiger partial charge in [-0.2, -0.15) is 0 Å². The van der Waals surface area contributed by atoms with Gasteiger partial charge in [-0.05, 0) is 77.8 Å². The van der Waals surface area contributed by atoms with E-state index >= 15 is 0 Å². The summed E-state index contributed by atoms with van der Waals surface area (Å²) >= 11 is -1.30. The van der Waals surface area contributed by atoms with Crippen LogP contribution in [0.1, 0.15) is 92.9 Å². The molecule has 0 radical (unpaired) electrons. The fourth-order valence-corrected chi connectivity index (χ4v) is 7.48. The number of nitrogens with one attached hydrogen (secondary N) is 3. The second-order valence-electron chi connectivity index (χ2n) is 13.0. The molecule has 2 atom stereocenters. The number of carbonyl (C=O) groups excluding carboxylic acids is 5. The Morgan fingerprint density at radius 2 is 1.71 bits per heavy atom. The molecule has 13 nitrogen and oxygen atoms in total. The number of hydrogen-bond donors (Lipinski definition) is 3. The number of ether oxygens (including phenoxy) is 1. The van der Waals surface area contributed by atoms with E-state index < -0.39 is 41.1 Å². The van der Waals surface area contributed by atoms with Crippen molar-refractivity contribution in [2.75, 3.05) is 32.5 Å². The maximum atomic E-state index is 13.4. The predicted octanol–water partition coefficient (Wildman–Crippen LogP) is 2.60. The number of piperidine rings is 2. The van der Waals surface area contributed by atoms with Gasteiger partial charge in [-0.15, -0.1) is 8.61 Å². The Labute approximate surface area is 268 Å². The Kier molecular flexibility index (Phi) is 11.5. The summed E-state index contributed by atoms with van der Waals surface area (Å²) in [6.07, 6.45) is 5.19. The molecule has 2 unspecified atom stereocenters. The molecule has 3 aliphatic rings. The van der Waals surface area contributed by atoms with Crippen LogP contribution < -0.4 is 16.0 Å². The van der Waals surface area contributed by atoms with E-state index in [2.05, 4.69) is 16.0 Å². The van der Waals surface area contributed by atoms with E-state index in [0.29, 0.717) is 37.9 Å². The van der Waals surface area contributed by atoms with Crippen molar-refractivity contribution >= 4 is 47.3 Å². The number of likely N-dealkylation sites (N-methyl/N-ethyl adjacent to an activating group) is 1. The summed E-state index contributed by atoms with van der Waals surface area (Å²) in [4.78, 5) is 62.8. The van der Waals surface area contributed by atoms with Crippen LogP contribution in [0.2, 0.25) is 0 Å². The molecule has 0 bridgehead atoms. The van der Waals surface area contributed by atoms with Crippen LogP contribution in [0.15, 0.2) is 18.2 Å². The number of rotatable bonds is 9. The standard InChI is InChI=1S/C31H46N6O7S/c1-31(2,3)44-30(42)33-21-15-17-37(18-16-21)45(43)36(5)22-11-9-20(10-12-22)32-25-8-6-7-23(24(25)19-38)29(41)35(4)26-13-14-27(39)34-28(26)40/h6-8,19-22,26,32H,9-18H2,1-5H3,(H,33,42)(H,34,39,40). The molecule has 14 heteroatoms. The van der Waals surface area contributed by atoms with Gasteiger partial charge in [0.05, 0.1) is 17.2 Å². The molecular formula is C31H46N6O7S. The molecule has 1 aromatic carbocycles. The molecule has 1 saturated carbocycles. The van der Waals surface area contributed by atoms with E-state index in [1.54, 1.807) is 18.2 Å². The van der Waals surface area contributed by atoms with E-state index in [1.807, 2.05) is 36.4 Å². The third-order valence-electron chi connectivity index (χ3n) is 8.66. The van der Waals surface area contributed by atoms with Crippen LogP contribution in [-0.4, -0.2) is 105 Å². The zero-order valence-corrected chi connectivity index (χ0v) is 27.6. The quantitative estimate of drug-likeness (QED) is 0.206. The first-order valence-corrected chi connectivity index (χ1v) is 16.7. The van der Waals surface area contributed by atoms with Crippen molar-refractivity contribution in [3.05, 3.63) is 29.3 Å². The SMILES string of the molecule is CN(C(=O)c1cccc(NC2CCC(N(C)[S+]([O-])N3CCC(NC(=O)OC(C)(C)C)CC3)CC2)c1C=O)C1CCC(=O)NC1=O. The highest BCUT2D eigenvalue weighted by molar-refractivity contribution is 7.86. The van der Waals surface area contributed by atoms with Crippen LogP contribution in [0.4, 0.5) is 10.5 Å². The van der Waals surface area contributed by atoms with Gasteiger partial charge in [-0.3, -0.25) is 24.5 Å². The highest BCUT2D eigenvalue weighted by Gasteiger charge is 2.37. The van der Waals surface area contributed by atoms with Gasteiger partial charge in [0.15, 0.2) is 6.29 Å². The van der Waals surface area contributed by atoms with Gasteiger partial charge in [0, 0.05) is 51.4 Å². The van der Waals surface area contributed by atoms with Crippen molar-refractivity contribution in [3.63, 3.8) is 0 Å². The zero-order chi connectivity index (χ0) is 32.9. The molecule has 248 valence electrons. The van der Waals surface area contributed by atoms with Crippen LogP contribution in [0, 0.1) is 0 Å². The maximum absolute atomic E-state index is 13.4. The number of aldehydes is 1. The Morgan fingerprint density at radius 3 is 2.31 bits per heavy atom. The van der Waals surface area contributed by atoms with E-state index in [1.165, 1.54) is 11.9 Å². The molecule has 45 heavy (non-hydrogen) atoms. The number of nitrogens with zero attached hydrogens (tertiary/aromatic N) is 3. The van der Waals surface area contributed by atoms with Gasteiger partial charge in [-0.25, -0.2) is 4.79 Å². The molecule has 1 aliphatic carbocycles. The topological polar surface area (TPSA) is 163 Å². The van der Waals surface area contributed by atoms with Crippen molar-refractivity contribution in [1.82, 2.24) is 24.1 Å². The smallest absolute Gasteiger partial charge is 0.407 e. The molecule has 4 amide bonds. The summed E-state index contributed by atoms with van der Waals surface area (Å²) in [6.45, 7) is 6.70. The summed E-state index contributed by atoms with van der Waals surface area (Å²) in [7, 11) is 3.39. The predicted molar refractivity (Wildman–Crippen MR) is 170 cm³/mol. The largest absolute Gasteiger partial charge is 0.578 e. The van der Waals surface area contributed by atoms with Crippen LogP contribution in [-0.2, 0) is 25.9 Å². The van der Waals surface area contributed by atoms with Gasteiger partial charge >= 0.3 is 6.09 Å². The summed E-state index contributed by atoms with van der Waals surface area (Å²) in [6, 6.07) is 4.43. The number of carbonyl (C=O) groups is 5. The molecule has 2 aliphatic heterocycles. The molecular weight excluding hydrogens is 600 g/mol. The second kappa shape index (κ2) is 14.9. The summed E-state index contributed by atoms with van der Waals surface area (Å²) < 4.78 is 22.6. The first-order chi connectivity index (χ1) is 21.3. The fraction of sp³-hybridized carbons (Fsp3) is 0.645. The average molecular weight is 647 g/mol. The monoisotopic (exact) mass is 646 g/mol. The first-order valence-electron chi connectivity index (χ1n) is 15.6. The molecule has 0 aromatic heterocycles. The van der Waals surface area contributed by atoms with Gasteiger partial charge in [0.1, 0.15) is 23.2 Å². The van der Waals surface area contributed by atoms with Gasteiger partial charge < -0.3 is 24.8 Å².